The molecule has 1 saturated carbocycles. The lowest BCUT2D eigenvalue weighted by Crippen LogP contribution is -2.42. The number of benzene rings is 2. The van der Waals surface area contributed by atoms with Crippen LogP contribution in [0, 0.1) is 5.92 Å². The Morgan fingerprint density at radius 1 is 1.17 bits per heavy atom. The summed E-state index contributed by atoms with van der Waals surface area (Å²) in [6, 6.07) is 8.96. The van der Waals surface area contributed by atoms with Gasteiger partial charge < -0.3 is 19.7 Å². The molecule has 2 heterocycles. The second kappa shape index (κ2) is 9.67. The van der Waals surface area contributed by atoms with Crippen LogP contribution in [0.2, 0.25) is 0 Å². The fraction of sp³-hybridized carbons (Fsp3) is 0.385. The lowest BCUT2D eigenvalue weighted by molar-refractivity contribution is -0.134. The molecule has 0 radical (unpaired) electrons. The summed E-state index contributed by atoms with van der Waals surface area (Å²) >= 11 is 0. The van der Waals surface area contributed by atoms with Crippen molar-refractivity contribution in [2.75, 3.05) is 18.5 Å². The number of hydrogen-bond acceptors (Lipinski definition) is 5. The molecule has 0 aromatic heterocycles. The van der Waals surface area contributed by atoms with Gasteiger partial charge in [-0.3, -0.25) is 14.4 Å². The number of nitrogens with one attached hydrogen (secondary N) is 1. The van der Waals surface area contributed by atoms with Crippen LogP contribution in [0.4, 0.5) is 14.5 Å². The highest BCUT2D eigenvalue weighted by atomic mass is 19.3. The van der Waals surface area contributed by atoms with Gasteiger partial charge in [0.1, 0.15) is 6.04 Å². The first-order valence-corrected chi connectivity index (χ1v) is 11.8. The highest BCUT2D eigenvalue weighted by molar-refractivity contribution is 6.13. The summed E-state index contributed by atoms with van der Waals surface area (Å²) in [5.74, 6) is -0.499. The number of amides is 3. The van der Waals surface area contributed by atoms with Crippen molar-refractivity contribution < 1.29 is 32.6 Å². The van der Waals surface area contributed by atoms with Crippen molar-refractivity contribution in [3.63, 3.8) is 0 Å². The fourth-order valence-electron chi connectivity index (χ4n) is 4.62. The van der Waals surface area contributed by atoms with Crippen LogP contribution in [0.25, 0.3) is 0 Å². The van der Waals surface area contributed by atoms with Crippen molar-refractivity contribution in [3.05, 3.63) is 53.1 Å². The minimum absolute atomic E-state index is 0.0382. The molecule has 0 spiro atoms. The number of likely N-dealkylation sites (tertiary alicyclic amines) is 1. The van der Waals surface area contributed by atoms with E-state index in [1.54, 1.807) is 30.3 Å². The summed E-state index contributed by atoms with van der Waals surface area (Å²) in [6.45, 7) is -0.842. The monoisotopic (exact) mass is 497 g/mol. The maximum Gasteiger partial charge on any atom is 0.387 e. The number of carbonyl (C=O) groups is 3. The third-order valence-corrected chi connectivity index (χ3v) is 6.71. The van der Waals surface area contributed by atoms with Crippen molar-refractivity contribution in [2.24, 2.45) is 10.9 Å². The molecule has 2 fully saturated rings. The molecule has 8 nitrogen and oxygen atoms in total. The van der Waals surface area contributed by atoms with Crippen molar-refractivity contribution in [2.45, 2.75) is 44.8 Å². The molecule has 3 aliphatic rings. The quantitative estimate of drug-likeness (QED) is 0.595. The highest BCUT2D eigenvalue weighted by Crippen LogP contribution is 2.39. The van der Waals surface area contributed by atoms with Gasteiger partial charge in [-0.25, -0.2) is 4.99 Å². The number of halogens is 2. The van der Waals surface area contributed by atoms with Crippen LogP contribution in [-0.2, 0) is 9.59 Å². The summed E-state index contributed by atoms with van der Waals surface area (Å²) in [5, 5.41) is 2.83. The zero-order valence-corrected chi connectivity index (χ0v) is 19.6. The van der Waals surface area contributed by atoms with Crippen LogP contribution in [0.5, 0.6) is 11.5 Å². The maximum atomic E-state index is 13.2. The Hall–Kier alpha value is -3.82. The van der Waals surface area contributed by atoms with Crippen LogP contribution in [-0.4, -0.2) is 54.6 Å². The van der Waals surface area contributed by atoms with E-state index in [1.807, 2.05) is 0 Å². The molecule has 1 saturated heterocycles. The van der Waals surface area contributed by atoms with E-state index in [0.29, 0.717) is 42.3 Å². The lowest BCUT2D eigenvalue weighted by atomic mass is 9.95. The molecule has 2 aromatic rings. The van der Waals surface area contributed by atoms with Gasteiger partial charge in [0.15, 0.2) is 11.5 Å². The summed E-state index contributed by atoms with van der Waals surface area (Å²) in [4.78, 5) is 42.5. The van der Waals surface area contributed by atoms with Gasteiger partial charge in [-0.1, -0.05) is 6.07 Å². The minimum atomic E-state index is -2.98. The van der Waals surface area contributed by atoms with Crippen molar-refractivity contribution >= 4 is 29.6 Å². The number of carbonyl (C=O) groups excluding carboxylic acids is 3. The molecule has 0 bridgehead atoms. The van der Waals surface area contributed by atoms with E-state index in [0.717, 1.165) is 18.4 Å². The normalized spacial score (nSPS) is 20.6. The second-order valence-electron chi connectivity index (χ2n) is 9.31. The van der Waals surface area contributed by atoms with Crippen LogP contribution in [0.15, 0.2) is 41.4 Å². The molecule has 10 heteroatoms. The molecule has 2 unspecified atom stereocenters. The lowest BCUT2D eigenvalue weighted by Gasteiger charge is -2.22. The van der Waals surface area contributed by atoms with Gasteiger partial charge in [0, 0.05) is 36.9 Å². The van der Waals surface area contributed by atoms with Gasteiger partial charge in [-0.15, -0.1) is 0 Å². The largest absolute Gasteiger partial charge is 0.489 e. The zero-order chi connectivity index (χ0) is 25.4. The van der Waals surface area contributed by atoms with E-state index in [2.05, 4.69) is 15.0 Å². The molecule has 3 amide bonds. The number of nitrogens with zero attached hydrogens (tertiary/aromatic N) is 2. The second-order valence-corrected chi connectivity index (χ2v) is 9.31. The maximum absolute atomic E-state index is 13.2. The molecule has 36 heavy (non-hydrogen) atoms. The molecule has 188 valence electrons. The Kier molecular flexibility index (Phi) is 6.42. The molecule has 2 aromatic carbocycles. The van der Waals surface area contributed by atoms with E-state index in [4.69, 9.17) is 4.74 Å². The number of hydrogen-bond donors (Lipinski definition) is 1. The Bertz CT molecular complexity index is 1240. The van der Waals surface area contributed by atoms with Gasteiger partial charge in [0.05, 0.1) is 12.2 Å². The van der Waals surface area contributed by atoms with Gasteiger partial charge in [0.25, 0.3) is 5.91 Å². The molecule has 1 aliphatic carbocycles. The Balaban J connectivity index is 1.33. The standard InChI is InChI=1S/C26H25F2N3O5/c1-14(32)31-12-18(16-4-7-22(36-26(27)28)23(10-16)35-13-15-2-3-15)9-21(31)25(34)30-19-5-6-20-17(8-19)11-29-24(20)33/h4-8,10-11,15,18,21,26H,2-3,9,12-13H2,1H3,(H,30,34). The predicted octanol–water partition coefficient (Wildman–Crippen LogP) is 3.99. The molecule has 5 rings (SSSR count). The van der Waals surface area contributed by atoms with E-state index in [9.17, 15) is 23.2 Å². The number of aliphatic imine (C=N–C) groups is 1. The predicted molar refractivity (Wildman–Crippen MR) is 127 cm³/mol. The Morgan fingerprint density at radius 2 is 1.97 bits per heavy atom. The van der Waals surface area contributed by atoms with Crippen molar-refractivity contribution in [3.8, 4) is 11.5 Å². The zero-order valence-electron chi connectivity index (χ0n) is 19.6. The first kappa shape index (κ1) is 23.9. The van der Waals surface area contributed by atoms with E-state index < -0.39 is 12.7 Å². The van der Waals surface area contributed by atoms with Crippen LogP contribution in [0.1, 0.15) is 53.6 Å². The molecule has 2 aliphatic heterocycles. The SMILES string of the molecule is CC(=O)N1CC(c2ccc(OC(F)F)c(OCC3CC3)c2)CC1C(=O)Nc1ccc2c(c1)C=NC2=O. The molecule has 1 N–H and O–H groups in total. The van der Waals surface area contributed by atoms with Crippen molar-refractivity contribution in [1.82, 2.24) is 4.90 Å². The fourth-order valence-corrected chi connectivity index (χ4v) is 4.62. The molecular weight excluding hydrogens is 472 g/mol. The number of ether oxygens (including phenoxy) is 2. The third-order valence-electron chi connectivity index (χ3n) is 6.71. The highest BCUT2D eigenvalue weighted by Gasteiger charge is 2.39. The van der Waals surface area contributed by atoms with Gasteiger partial charge in [-0.2, -0.15) is 8.78 Å². The van der Waals surface area contributed by atoms with Crippen LogP contribution in [0.3, 0.4) is 0 Å². The van der Waals surface area contributed by atoms with Gasteiger partial charge in [0.2, 0.25) is 11.8 Å². The summed E-state index contributed by atoms with van der Waals surface area (Å²) < 4.78 is 36.2. The smallest absolute Gasteiger partial charge is 0.387 e. The van der Waals surface area contributed by atoms with E-state index in [1.165, 1.54) is 24.1 Å². The summed E-state index contributed by atoms with van der Waals surface area (Å²) in [5.41, 5.74) is 2.36. The number of rotatable bonds is 8. The van der Waals surface area contributed by atoms with Gasteiger partial charge in [-0.05, 0) is 61.1 Å². The Labute approximate surface area is 206 Å². The number of fused-ring (bicyclic) bond motifs is 1. The van der Waals surface area contributed by atoms with Gasteiger partial charge >= 0.3 is 6.61 Å². The average Bonchev–Trinajstić information content (AvgIpc) is 3.44. The minimum Gasteiger partial charge on any atom is -0.489 e. The van der Waals surface area contributed by atoms with Crippen LogP contribution >= 0.6 is 0 Å². The summed E-state index contributed by atoms with van der Waals surface area (Å²) in [7, 11) is 0. The third kappa shape index (κ3) is 5.07. The average molecular weight is 497 g/mol. The topological polar surface area (TPSA) is 97.3 Å². The Morgan fingerprint density at radius 3 is 2.69 bits per heavy atom. The van der Waals surface area contributed by atoms with Crippen molar-refractivity contribution in [1.29, 1.82) is 0 Å². The van der Waals surface area contributed by atoms with Crippen LogP contribution < -0.4 is 14.8 Å². The van der Waals surface area contributed by atoms with E-state index >= 15 is 0 Å². The number of alkyl halides is 2. The molecular formula is C26H25F2N3O5. The molecule has 2 atom stereocenters. The first-order chi connectivity index (χ1) is 17.3. The summed E-state index contributed by atoms with van der Waals surface area (Å²) in [6.07, 6.45) is 3.90. The first-order valence-electron chi connectivity index (χ1n) is 11.8. The van der Waals surface area contributed by atoms with E-state index in [-0.39, 0.29) is 35.1 Å². The number of anilines is 1.